The van der Waals surface area contributed by atoms with E-state index in [1.807, 2.05) is 30.3 Å². The molecule has 0 N–H and O–H groups in total. The summed E-state index contributed by atoms with van der Waals surface area (Å²) in [6.45, 7) is 4.45. The van der Waals surface area contributed by atoms with Crippen LogP contribution in [-0.2, 0) is 9.84 Å². The first-order valence-corrected chi connectivity index (χ1v) is 11.5. The summed E-state index contributed by atoms with van der Waals surface area (Å²) in [5.74, 6) is 0.738. The molecule has 1 aliphatic rings. The van der Waals surface area contributed by atoms with Gasteiger partial charge in [0.1, 0.15) is 21.5 Å². The zero-order valence-corrected chi connectivity index (χ0v) is 17.2. The summed E-state index contributed by atoms with van der Waals surface area (Å²) in [7, 11) is -2.88. The van der Waals surface area contributed by atoms with Crippen molar-refractivity contribution in [1.29, 1.82) is 5.26 Å². The molecular formula is C19H22ClN5O2S. The molecule has 1 aromatic heterocycles. The predicted molar refractivity (Wildman–Crippen MR) is 110 cm³/mol. The Hall–Kier alpha value is -2.21. The van der Waals surface area contributed by atoms with Gasteiger partial charge in [0.05, 0.1) is 11.9 Å². The lowest BCUT2D eigenvalue weighted by Crippen LogP contribution is -2.46. The third kappa shape index (κ3) is 5.41. The van der Waals surface area contributed by atoms with Gasteiger partial charge in [0.25, 0.3) is 0 Å². The first-order chi connectivity index (χ1) is 13.4. The van der Waals surface area contributed by atoms with Gasteiger partial charge in [-0.25, -0.2) is 18.4 Å². The second-order valence-electron chi connectivity index (χ2n) is 6.87. The monoisotopic (exact) mass is 419 g/mol. The van der Waals surface area contributed by atoms with E-state index in [1.165, 1.54) is 12.5 Å². The van der Waals surface area contributed by atoms with E-state index in [2.05, 4.69) is 19.8 Å². The molecule has 1 aromatic carbocycles. The summed E-state index contributed by atoms with van der Waals surface area (Å²) in [5, 5.41) is 9.07. The highest BCUT2D eigenvalue weighted by Crippen LogP contribution is 2.23. The lowest BCUT2D eigenvalue weighted by molar-refractivity contribution is 0.259. The molecule has 0 saturated carbocycles. The number of anilines is 1. The highest BCUT2D eigenvalue weighted by Gasteiger charge is 2.17. The van der Waals surface area contributed by atoms with Gasteiger partial charge < -0.3 is 4.90 Å². The Kier molecular flexibility index (Phi) is 6.50. The fourth-order valence-electron chi connectivity index (χ4n) is 3.18. The largest absolute Gasteiger partial charge is 0.369 e. The molecular weight excluding hydrogens is 398 g/mol. The fraction of sp³-hybridized carbons (Fsp3) is 0.421. The van der Waals surface area contributed by atoms with Gasteiger partial charge in [0.2, 0.25) is 0 Å². The molecule has 1 aliphatic heterocycles. The maximum absolute atomic E-state index is 11.2. The van der Waals surface area contributed by atoms with Crippen LogP contribution in [0.3, 0.4) is 0 Å². The maximum atomic E-state index is 11.2. The zero-order valence-electron chi connectivity index (χ0n) is 15.7. The number of nitrogens with zero attached hydrogens (tertiary/aromatic N) is 5. The van der Waals surface area contributed by atoms with Gasteiger partial charge in [-0.15, -0.1) is 0 Å². The molecule has 1 fully saturated rings. The Morgan fingerprint density at radius 1 is 1.18 bits per heavy atom. The van der Waals surface area contributed by atoms with E-state index in [1.54, 1.807) is 0 Å². The van der Waals surface area contributed by atoms with Crippen LogP contribution in [0.1, 0.15) is 12.0 Å². The standard InChI is InChI=1S/C19H22ClN5O2S/c1-28(26,27)12-2-7-24-8-10-25(11-9-24)17-5-3-15(4-6-17)19-22-14-16(13-21)18(20)23-19/h3-6,14H,2,7-12H2,1H3. The normalized spacial score (nSPS) is 15.4. The molecule has 0 radical (unpaired) electrons. The van der Waals surface area contributed by atoms with Crippen molar-refractivity contribution in [2.24, 2.45) is 0 Å². The van der Waals surface area contributed by atoms with Crippen molar-refractivity contribution in [2.45, 2.75) is 6.42 Å². The van der Waals surface area contributed by atoms with Gasteiger partial charge in [0, 0.05) is 43.7 Å². The zero-order chi connectivity index (χ0) is 20.1. The first-order valence-electron chi connectivity index (χ1n) is 9.04. The number of piperazine rings is 1. The second-order valence-corrected chi connectivity index (χ2v) is 9.49. The highest BCUT2D eigenvalue weighted by atomic mass is 35.5. The Morgan fingerprint density at radius 3 is 2.43 bits per heavy atom. The minimum absolute atomic E-state index is 0.156. The van der Waals surface area contributed by atoms with Gasteiger partial charge >= 0.3 is 0 Å². The van der Waals surface area contributed by atoms with Crippen LogP contribution in [0, 0.1) is 11.3 Å². The molecule has 28 heavy (non-hydrogen) atoms. The van der Waals surface area contributed by atoms with Crippen LogP contribution in [0.2, 0.25) is 5.15 Å². The van der Waals surface area contributed by atoms with E-state index in [4.69, 9.17) is 16.9 Å². The van der Waals surface area contributed by atoms with E-state index < -0.39 is 9.84 Å². The number of hydrogen-bond acceptors (Lipinski definition) is 7. The molecule has 3 rings (SSSR count). The van der Waals surface area contributed by atoms with Crippen LogP contribution in [0.25, 0.3) is 11.4 Å². The van der Waals surface area contributed by atoms with Crippen LogP contribution in [-0.4, -0.2) is 68.0 Å². The summed E-state index contributed by atoms with van der Waals surface area (Å²) in [6, 6.07) is 9.92. The maximum Gasteiger partial charge on any atom is 0.160 e. The molecule has 0 atom stereocenters. The van der Waals surface area contributed by atoms with Gasteiger partial charge in [-0.2, -0.15) is 5.26 Å². The van der Waals surface area contributed by atoms with E-state index in [0.717, 1.165) is 44.0 Å². The number of halogens is 1. The SMILES string of the molecule is CS(=O)(=O)CCCN1CCN(c2ccc(-c3ncc(C#N)c(Cl)n3)cc2)CC1. The van der Waals surface area contributed by atoms with Crippen LogP contribution in [0.15, 0.2) is 30.5 Å². The van der Waals surface area contributed by atoms with Crippen molar-refractivity contribution in [3.05, 3.63) is 41.2 Å². The first kappa shape index (κ1) is 20.5. The fourth-order valence-corrected chi connectivity index (χ4v) is 4.00. The number of hydrogen-bond donors (Lipinski definition) is 0. The number of nitriles is 1. The van der Waals surface area contributed by atoms with Crippen molar-refractivity contribution < 1.29 is 8.42 Å². The van der Waals surface area contributed by atoms with Gasteiger partial charge in [-0.1, -0.05) is 11.6 Å². The molecule has 148 valence electrons. The Morgan fingerprint density at radius 2 is 1.86 bits per heavy atom. The summed E-state index contributed by atoms with van der Waals surface area (Å²) in [5.41, 5.74) is 2.23. The van der Waals surface area contributed by atoms with Crippen molar-refractivity contribution in [3.8, 4) is 17.5 Å². The molecule has 2 heterocycles. The minimum atomic E-state index is -2.88. The number of sulfone groups is 1. The molecule has 0 unspecified atom stereocenters. The summed E-state index contributed by atoms with van der Waals surface area (Å²) < 4.78 is 22.5. The van der Waals surface area contributed by atoms with E-state index in [-0.39, 0.29) is 16.5 Å². The summed E-state index contributed by atoms with van der Waals surface area (Å²) >= 11 is 5.99. The number of aromatic nitrogens is 2. The molecule has 0 aliphatic carbocycles. The quantitative estimate of drug-likeness (QED) is 0.663. The lowest BCUT2D eigenvalue weighted by atomic mass is 10.1. The second kappa shape index (κ2) is 8.86. The van der Waals surface area contributed by atoms with E-state index in [0.29, 0.717) is 12.2 Å². The third-order valence-corrected chi connectivity index (χ3v) is 6.03. The van der Waals surface area contributed by atoms with Gasteiger partial charge in [-0.3, -0.25) is 4.90 Å². The van der Waals surface area contributed by atoms with Crippen molar-refractivity contribution >= 4 is 27.1 Å². The molecule has 2 aromatic rings. The predicted octanol–water partition coefficient (Wildman–Crippen LogP) is 2.23. The molecule has 0 spiro atoms. The number of rotatable bonds is 6. The average molecular weight is 420 g/mol. The smallest absolute Gasteiger partial charge is 0.160 e. The van der Waals surface area contributed by atoms with Crippen LogP contribution < -0.4 is 4.90 Å². The molecule has 9 heteroatoms. The van der Waals surface area contributed by atoms with Crippen molar-refractivity contribution in [2.75, 3.05) is 49.6 Å². The van der Waals surface area contributed by atoms with Crippen molar-refractivity contribution in [1.82, 2.24) is 14.9 Å². The van der Waals surface area contributed by atoms with Crippen LogP contribution in [0.5, 0.6) is 0 Å². The Balaban J connectivity index is 1.56. The van der Waals surface area contributed by atoms with Crippen LogP contribution >= 0.6 is 11.6 Å². The minimum Gasteiger partial charge on any atom is -0.369 e. The summed E-state index contributed by atoms with van der Waals surface area (Å²) in [4.78, 5) is 13.0. The third-order valence-electron chi connectivity index (χ3n) is 4.72. The van der Waals surface area contributed by atoms with Crippen molar-refractivity contribution in [3.63, 3.8) is 0 Å². The topological polar surface area (TPSA) is 90.2 Å². The molecule has 0 amide bonds. The van der Waals surface area contributed by atoms with Crippen LogP contribution in [0.4, 0.5) is 5.69 Å². The van der Waals surface area contributed by atoms with E-state index in [9.17, 15) is 8.42 Å². The Labute approximate surface area is 170 Å². The van der Waals surface area contributed by atoms with E-state index >= 15 is 0 Å². The number of benzene rings is 1. The summed E-state index contributed by atoms with van der Waals surface area (Å²) in [6.07, 6.45) is 3.40. The molecule has 1 saturated heterocycles. The molecule has 0 bridgehead atoms. The van der Waals surface area contributed by atoms with Gasteiger partial charge in [-0.05, 0) is 37.2 Å². The molecule has 7 nitrogen and oxygen atoms in total. The highest BCUT2D eigenvalue weighted by molar-refractivity contribution is 7.90. The lowest BCUT2D eigenvalue weighted by Gasteiger charge is -2.36. The Bertz CT molecular complexity index is 965. The average Bonchev–Trinajstić information content (AvgIpc) is 2.68. The van der Waals surface area contributed by atoms with Gasteiger partial charge in [0.15, 0.2) is 11.0 Å².